The van der Waals surface area contributed by atoms with Gasteiger partial charge in [0.1, 0.15) is 5.54 Å². The molecule has 8 heteroatoms. The minimum atomic E-state index is -1.63. The van der Waals surface area contributed by atoms with Crippen LogP contribution in [-0.4, -0.2) is 39.8 Å². The van der Waals surface area contributed by atoms with Gasteiger partial charge < -0.3 is 26.6 Å². The van der Waals surface area contributed by atoms with Crippen LogP contribution in [0.15, 0.2) is 42.5 Å². The second-order valence-electron chi connectivity index (χ2n) is 7.25. The molecule has 4 rings (SSSR count). The molecule has 2 aromatic carbocycles. The van der Waals surface area contributed by atoms with E-state index in [0.29, 0.717) is 5.69 Å². The van der Waals surface area contributed by atoms with E-state index >= 15 is 0 Å². The number of carbonyl (C=O) groups is 3. The summed E-state index contributed by atoms with van der Waals surface area (Å²) < 4.78 is 0. The highest BCUT2D eigenvalue weighted by molar-refractivity contribution is 6.01. The number of nitrogens with two attached hydrogens (primary N) is 1. The number of urea groups is 1. The summed E-state index contributed by atoms with van der Waals surface area (Å²) in [6.07, 6.45) is 0.00437. The SMILES string of the molecule is NC1(C(=O)O)CC(NC(=O)Nc2cccc3ccccc23)C2C(C(=O)O)C21. The van der Waals surface area contributed by atoms with Crippen LogP contribution in [0.1, 0.15) is 6.42 Å². The molecule has 0 aromatic heterocycles. The van der Waals surface area contributed by atoms with E-state index in [1.807, 2.05) is 36.4 Å². The van der Waals surface area contributed by atoms with Crippen molar-refractivity contribution in [2.75, 3.05) is 5.32 Å². The normalized spacial score (nSPS) is 31.1. The first-order valence-corrected chi connectivity index (χ1v) is 8.63. The van der Waals surface area contributed by atoms with Crippen LogP contribution in [0.4, 0.5) is 10.5 Å². The summed E-state index contributed by atoms with van der Waals surface area (Å²) >= 11 is 0. The van der Waals surface area contributed by atoms with Crippen LogP contribution >= 0.6 is 0 Å². The molecule has 5 unspecified atom stereocenters. The maximum Gasteiger partial charge on any atom is 0.324 e. The Labute approximate surface area is 154 Å². The van der Waals surface area contributed by atoms with Gasteiger partial charge in [-0.3, -0.25) is 9.59 Å². The number of nitrogens with one attached hydrogen (secondary N) is 2. The van der Waals surface area contributed by atoms with Crippen LogP contribution < -0.4 is 16.4 Å². The van der Waals surface area contributed by atoms with Crippen molar-refractivity contribution >= 4 is 34.4 Å². The molecule has 0 heterocycles. The molecular formula is C19H19N3O5. The molecule has 2 aromatic rings. The average Bonchev–Trinajstić information content (AvgIpc) is 3.31. The van der Waals surface area contributed by atoms with Gasteiger partial charge in [-0.05, 0) is 23.8 Å². The number of fused-ring (bicyclic) bond motifs is 2. The molecule has 2 saturated carbocycles. The number of benzene rings is 2. The van der Waals surface area contributed by atoms with Crippen molar-refractivity contribution in [1.82, 2.24) is 5.32 Å². The van der Waals surface area contributed by atoms with Gasteiger partial charge in [-0.2, -0.15) is 0 Å². The number of anilines is 1. The maximum atomic E-state index is 12.5. The van der Waals surface area contributed by atoms with Gasteiger partial charge in [-0.25, -0.2) is 4.79 Å². The van der Waals surface area contributed by atoms with E-state index in [1.165, 1.54) is 0 Å². The third-order valence-corrected chi connectivity index (χ3v) is 5.73. The number of amides is 2. The van der Waals surface area contributed by atoms with Gasteiger partial charge in [0.25, 0.3) is 0 Å². The van der Waals surface area contributed by atoms with E-state index in [4.69, 9.17) is 5.73 Å². The number of rotatable bonds is 4. The zero-order valence-corrected chi connectivity index (χ0v) is 14.3. The summed E-state index contributed by atoms with van der Waals surface area (Å²) in [5.41, 5.74) is 4.95. The van der Waals surface area contributed by atoms with E-state index in [1.54, 1.807) is 6.07 Å². The quantitative estimate of drug-likeness (QED) is 0.552. The first-order valence-electron chi connectivity index (χ1n) is 8.63. The van der Waals surface area contributed by atoms with Gasteiger partial charge in [-0.15, -0.1) is 0 Å². The molecule has 6 N–H and O–H groups in total. The minimum Gasteiger partial charge on any atom is -0.481 e. The van der Waals surface area contributed by atoms with Crippen LogP contribution in [0.3, 0.4) is 0 Å². The third kappa shape index (κ3) is 2.69. The number of carbonyl (C=O) groups excluding carboxylic acids is 1. The van der Waals surface area contributed by atoms with Gasteiger partial charge in [0.15, 0.2) is 0 Å². The lowest BCUT2D eigenvalue weighted by molar-refractivity contribution is -0.145. The minimum absolute atomic E-state index is 0.00437. The molecule has 8 nitrogen and oxygen atoms in total. The molecule has 2 amide bonds. The summed E-state index contributed by atoms with van der Waals surface area (Å²) in [5, 5.41) is 26.1. The first-order chi connectivity index (χ1) is 12.8. The molecule has 0 saturated heterocycles. The van der Waals surface area contributed by atoms with E-state index in [0.717, 1.165) is 10.8 Å². The second-order valence-corrected chi connectivity index (χ2v) is 7.25. The molecule has 5 atom stereocenters. The van der Waals surface area contributed by atoms with Crippen molar-refractivity contribution in [2.24, 2.45) is 23.5 Å². The van der Waals surface area contributed by atoms with Gasteiger partial charge in [0.05, 0.1) is 11.6 Å². The fraction of sp³-hybridized carbons (Fsp3) is 0.316. The van der Waals surface area contributed by atoms with Gasteiger partial charge in [0.2, 0.25) is 0 Å². The molecule has 0 radical (unpaired) electrons. The van der Waals surface area contributed by atoms with Crippen LogP contribution in [0.5, 0.6) is 0 Å². The number of aliphatic carboxylic acids is 2. The summed E-state index contributed by atoms with van der Waals surface area (Å²) in [6, 6.07) is 12.0. The van der Waals surface area contributed by atoms with Crippen LogP contribution in [-0.2, 0) is 9.59 Å². The van der Waals surface area contributed by atoms with E-state index < -0.39 is 47.3 Å². The molecule has 0 bridgehead atoms. The Morgan fingerprint density at radius 3 is 2.48 bits per heavy atom. The van der Waals surface area contributed by atoms with Crippen LogP contribution in [0, 0.1) is 17.8 Å². The summed E-state index contributed by atoms with van der Waals surface area (Å²) in [5.74, 6) is -4.30. The highest BCUT2D eigenvalue weighted by Crippen LogP contribution is 2.61. The van der Waals surface area contributed by atoms with E-state index in [2.05, 4.69) is 10.6 Å². The predicted molar refractivity (Wildman–Crippen MR) is 97.2 cm³/mol. The fourth-order valence-corrected chi connectivity index (χ4v) is 4.49. The average molecular weight is 369 g/mol. The van der Waals surface area contributed by atoms with Gasteiger partial charge >= 0.3 is 18.0 Å². The van der Waals surface area contributed by atoms with Crippen molar-refractivity contribution in [1.29, 1.82) is 0 Å². The summed E-state index contributed by atoms with van der Waals surface area (Å²) in [4.78, 5) is 35.4. The Hall–Kier alpha value is -3.13. The monoisotopic (exact) mass is 369 g/mol. The Kier molecular flexibility index (Phi) is 3.81. The highest BCUT2D eigenvalue weighted by atomic mass is 16.4. The van der Waals surface area contributed by atoms with Crippen LogP contribution in [0.2, 0.25) is 0 Å². The molecule has 140 valence electrons. The Bertz CT molecular complexity index is 956. The van der Waals surface area contributed by atoms with Crippen molar-refractivity contribution in [3.05, 3.63) is 42.5 Å². The number of hydrogen-bond donors (Lipinski definition) is 5. The van der Waals surface area contributed by atoms with E-state index in [-0.39, 0.29) is 6.42 Å². The van der Waals surface area contributed by atoms with Crippen molar-refractivity contribution in [3.8, 4) is 0 Å². The Balaban J connectivity index is 1.51. The molecule has 27 heavy (non-hydrogen) atoms. The lowest BCUT2D eigenvalue weighted by Crippen LogP contribution is -2.52. The Morgan fingerprint density at radius 1 is 1.07 bits per heavy atom. The van der Waals surface area contributed by atoms with E-state index in [9.17, 15) is 24.6 Å². The summed E-state index contributed by atoms with van der Waals surface area (Å²) in [7, 11) is 0. The lowest BCUT2D eigenvalue weighted by Gasteiger charge is -2.25. The molecule has 0 aliphatic heterocycles. The second kappa shape index (κ2) is 5.95. The number of hydrogen-bond acceptors (Lipinski definition) is 4. The Morgan fingerprint density at radius 2 is 1.78 bits per heavy atom. The van der Waals surface area contributed by atoms with Gasteiger partial charge in [-0.1, -0.05) is 36.4 Å². The topological polar surface area (TPSA) is 142 Å². The molecule has 2 aliphatic rings. The third-order valence-electron chi connectivity index (χ3n) is 5.73. The van der Waals surface area contributed by atoms with Gasteiger partial charge in [0, 0.05) is 17.3 Å². The van der Waals surface area contributed by atoms with Crippen LogP contribution in [0.25, 0.3) is 10.8 Å². The highest BCUT2D eigenvalue weighted by Gasteiger charge is 2.74. The molecule has 2 aliphatic carbocycles. The molecule has 2 fully saturated rings. The number of carboxylic acids is 2. The largest absolute Gasteiger partial charge is 0.481 e. The zero-order valence-electron chi connectivity index (χ0n) is 14.3. The summed E-state index contributed by atoms with van der Waals surface area (Å²) in [6.45, 7) is 0. The molecule has 0 spiro atoms. The maximum absolute atomic E-state index is 12.5. The predicted octanol–water partition coefficient (Wildman–Crippen LogP) is 1.46. The zero-order chi connectivity index (χ0) is 19.3. The smallest absolute Gasteiger partial charge is 0.324 e. The van der Waals surface area contributed by atoms with Crippen molar-refractivity contribution in [3.63, 3.8) is 0 Å². The number of carboxylic acid groups (broad SMARTS) is 2. The molecular weight excluding hydrogens is 350 g/mol. The van der Waals surface area contributed by atoms with Crippen molar-refractivity contribution < 1.29 is 24.6 Å². The lowest BCUT2D eigenvalue weighted by atomic mass is 9.90. The standard InChI is InChI=1S/C19H19N3O5/c20-19(17(25)26)8-12(13-14(15(13)19)16(23)24)22-18(27)21-11-7-3-5-9-4-1-2-6-10(9)11/h1-7,12-15H,8,20H2,(H,23,24)(H,25,26)(H2,21,22,27). The first kappa shape index (κ1) is 17.3. The van der Waals surface area contributed by atoms with Crippen molar-refractivity contribution in [2.45, 2.75) is 18.0 Å². The fourth-order valence-electron chi connectivity index (χ4n) is 4.49.